The van der Waals surface area contributed by atoms with Gasteiger partial charge in [-0.2, -0.15) is 18.3 Å². The summed E-state index contributed by atoms with van der Waals surface area (Å²) in [5, 5.41) is 9.44. The topological polar surface area (TPSA) is 148 Å². The summed E-state index contributed by atoms with van der Waals surface area (Å²) in [6, 6.07) is 16.9. The van der Waals surface area contributed by atoms with Crippen LogP contribution < -0.4 is 20.4 Å². The van der Waals surface area contributed by atoms with Crippen LogP contribution in [0.4, 0.5) is 35.9 Å². The number of carbonyl (C=O) groups is 5. The lowest BCUT2D eigenvalue weighted by atomic mass is 9.76. The summed E-state index contributed by atoms with van der Waals surface area (Å²) >= 11 is 0. The van der Waals surface area contributed by atoms with Gasteiger partial charge in [-0.25, -0.2) is 4.85 Å². The van der Waals surface area contributed by atoms with Crippen LogP contribution in [-0.2, 0) is 26.1 Å². The Kier molecular flexibility index (Phi) is 10.7. The monoisotopic (exact) mass is 888 g/mol. The normalized spacial score (nSPS) is 22.0. The molecule has 336 valence electrons. The van der Waals surface area contributed by atoms with Gasteiger partial charge in [0, 0.05) is 99.7 Å². The summed E-state index contributed by atoms with van der Waals surface area (Å²) in [4.78, 5) is 78.0. The van der Waals surface area contributed by atoms with Crippen molar-refractivity contribution in [3.8, 4) is 11.1 Å². The standard InChI is InChI=1S/C47H47F3N10O5/c1-51-39-10-5-31(23-38(39)47(48,49)50)53-45(65)46(15-2-16-46)59-26-30(25-52-59)29-3-6-32(7-4-29)55-17-13-33(14-18-55)58-27-35(28-58)57-21-19-56(20-22-57)34-8-9-36-37(24-34)44(64)60(43(36)63)40-11-12-41(61)54-42(40)62/h3-10,23-26,33,35,40H,2,11-22,27-28H2,(H,53,65)(H,54,61,62). The number of likely N-dealkylation sites (tertiary alicyclic amines) is 1. The molecule has 1 aromatic heterocycles. The van der Waals surface area contributed by atoms with E-state index in [4.69, 9.17) is 6.57 Å². The first-order valence-electron chi connectivity index (χ1n) is 22.2. The maximum atomic E-state index is 13.6. The first-order valence-corrected chi connectivity index (χ1v) is 22.2. The van der Waals surface area contributed by atoms with Gasteiger partial charge in [-0.15, -0.1) is 0 Å². The number of benzene rings is 3. The SMILES string of the molecule is [C-]#[N+]c1ccc(NC(=O)C2(n3cc(-c4ccc(N5CCC(N6CC(N7CCN(c8ccc9c(c8)C(=O)N(C8CCC(=O)NC8=O)C9=O)CC7)C6)CC5)cc4)cn3)CCC2)cc1C(F)(F)F. The highest BCUT2D eigenvalue weighted by Crippen LogP contribution is 2.43. The Balaban J connectivity index is 0.685. The molecule has 5 fully saturated rings. The first-order chi connectivity index (χ1) is 31.3. The van der Waals surface area contributed by atoms with Crippen molar-refractivity contribution in [2.75, 3.05) is 67.5 Å². The van der Waals surface area contributed by atoms with Gasteiger partial charge < -0.3 is 15.1 Å². The van der Waals surface area contributed by atoms with E-state index >= 15 is 0 Å². The van der Waals surface area contributed by atoms with Crippen LogP contribution in [0.5, 0.6) is 0 Å². The van der Waals surface area contributed by atoms with Crippen molar-refractivity contribution in [1.29, 1.82) is 0 Å². The minimum atomic E-state index is -4.72. The van der Waals surface area contributed by atoms with E-state index in [9.17, 15) is 37.1 Å². The van der Waals surface area contributed by atoms with Crippen molar-refractivity contribution in [1.82, 2.24) is 29.8 Å². The average molecular weight is 889 g/mol. The van der Waals surface area contributed by atoms with Crippen LogP contribution in [0.1, 0.15) is 71.2 Å². The highest BCUT2D eigenvalue weighted by molar-refractivity contribution is 6.23. The molecule has 6 heterocycles. The predicted octanol–water partition coefficient (Wildman–Crippen LogP) is 5.51. The van der Waals surface area contributed by atoms with E-state index in [1.807, 2.05) is 12.3 Å². The summed E-state index contributed by atoms with van der Waals surface area (Å²) in [6.07, 6.45) is 2.94. The van der Waals surface area contributed by atoms with E-state index in [0.29, 0.717) is 30.5 Å². The second-order valence-corrected chi connectivity index (χ2v) is 17.9. The van der Waals surface area contributed by atoms with Crippen LogP contribution in [0, 0.1) is 6.57 Å². The fourth-order valence-corrected chi connectivity index (χ4v) is 10.3. The largest absolute Gasteiger partial charge is 0.407 e. The van der Waals surface area contributed by atoms with Gasteiger partial charge in [-0.05, 0) is 86.6 Å². The van der Waals surface area contributed by atoms with E-state index < -0.39 is 58.5 Å². The quantitative estimate of drug-likeness (QED) is 0.163. The van der Waals surface area contributed by atoms with Crippen LogP contribution in [0.15, 0.2) is 73.1 Å². The molecule has 1 saturated carbocycles. The third-order valence-electron chi connectivity index (χ3n) is 14.4. The Bertz CT molecular complexity index is 2620. The molecule has 4 saturated heterocycles. The molecule has 18 heteroatoms. The molecule has 0 radical (unpaired) electrons. The predicted molar refractivity (Wildman–Crippen MR) is 233 cm³/mol. The van der Waals surface area contributed by atoms with Crippen LogP contribution >= 0.6 is 0 Å². The summed E-state index contributed by atoms with van der Waals surface area (Å²) in [6.45, 7) is 14.4. The fraction of sp³-hybridized carbons (Fsp3) is 0.426. The minimum Gasteiger partial charge on any atom is -0.371 e. The van der Waals surface area contributed by atoms with Crippen molar-refractivity contribution >= 4 is 52.3 Å². The van der Waals surface area contributed by atoms with Gasteiger partial charge in [0.15, 0.2) is 5.69 Å². The molecule has 5 amide bonds. The van der Waals surface area contributed by atoms with Crippen molar-refractivity contribution in [2.45, 2.75) is 74.8 Å². The number of halogens is 3. The Morgan fingerprint density at radius 1 is 0.785 bits per heavy atom. The van der Waals surface area contributed by atoms with Gasteiger partial charge in [-0.3, -0.25) is 48.7 Å². The third-order valence-corrected chi connectivity index (χ3v) is 14.4. The van der Waals surface area contributed by atoms with Crippen LogP contribution in [-0.4, -0.2) is 124 Å². The number of nitrogens with zero attached hydrogens (tertiary/aromatic N) is 8. The number of aromatic nitrogens is 2. The second-order valence-electron chi connectivity index (χ2n) is 17.9. The third kappa shape index (κ3) is 7.69. The molecule has 6 aliphatic rings. The molecular formula is C47H47F3N10O5. The molecule has 3 aromatic carbocycles. The van der Waals surface area contributed by atoms with Crippen molar-refractivity contribution in [3.05, 3.63) is 101 Å². The first kappa shape index (κ1) is 42.4. The van der Waals surface area contributed by atoms with E-state index in [1.165, 1.54) is 6.07 Å². The number of alkyl halides is 3. The number of carbonyl (C=O) groups excluding carboxylic acids is 5. The number of piperidine rings is 2. The maximum Gasteiger partial charge on any atom is 0.407 e. The molecular weight excluding hydrogens is 842 g/mol. The number of fused-ring (bicyclic) bond motifs is 1. The molecule has 0 spiro atoms. The molecule has 1 atom stereocenters. The van der Waals surface area contributed by atoms with Gasteiger partial charge in [0.2, 0.25) is 11.8 Å². The second kappa shape index (κ2) is 16.4. The molecule has 5 aliphatic heterocycles. The van der Waals surface area contributed by atoms with Gasteiger partial charge in [-0.1, -0.05) is 18.2 Å². The van der Waals surface area contributed by atoms with E-state index in [0.717, 1.165) is 111 Å². The molecule has 15 nitrogen and oxygen atoms in total. The Morgan fingerprint density at radius 3 is 2.14 bits per heavy atom. The van der Waals surface area contributed by atoms with Gasteiger partial charge in [0.25, 0.3) is 17.7 Å². The van der Waals surface area contributed by atoms with E-state index in [-0.39, 0.29) is 24.1 Å². The molecule has 0 bridgehead atoms. The highest BCUT2D eigenvalue weighted by atomic mass is 19.4. The number of hydrogen-bond acceptors (Lipinski definition) is 10. The molecule has 4 aromatic rings. The van der Waals surface area contributed by atoms with Crippen molar-refractivity contribution < 1.29 is 37.1 Å². The highest BCUT2D eigenvalue weighted by Gasteiger charge is 2.48. The summed E-state index contributed by atoms with van der Waals surface area (Å²) in [5.41, 5.74) is 1.74. The van der Waals surface area contributed by atoms with Crippen LogP contribution in [0.2, 0.25) is 0 Å². The summed E-state index contributed by atoms with van der Waals surface area (Å²) in [5.74, 6) is -2.45. The van der Waals surface area contributed by atoms with Crippen molar-refractivity contribution in [3.63, 3.8) is 0 Å². The van der Waals surface area contributed by atoms with Gasteiger partial charge in [0.05, 0.1) is 29.5 Å². The van der Waals surface area contributed by atoms with Crippen LogP contribution in [0.25, 0.3) is 16.0 Å². The number of hydrogen-bond donors (Lipinski definition) is 2. The minimum absolute atomic E-state index is 0.0197. The average Bonchev–Trinajstić information content (AvgIpc) is 3.85. The van der Waals surface area contributed by atoms with Crippen LogP contribution in [0.3, 0.4) is 0 Å². The number of nitrogens with one attached hydrogen (secondary N) is 2. The summed E-state index contributed by atoms with van der Waals surface area (Å²) < 4.78 is 42.4. The Morgan fingerprint density at radius 2 is 1.48 bits per heavy atom. The van der Waals surface area contributed by atoms with Crippen molar-refractivity contribution in [2.24, 2.45) is 0 Å². The Hall–Kier alpha value is -6.58. The number of piperazine rings is 1. The maximum absolute atomic E-state index is 13.6. The fourth-order valence-electron chi connectivity index (χ4n) is 10.3. The number of imide groups is 2. The number of anilines is 3. The molecule has 2 N–H and O–H groups in total. The zero-order valence-electron chi connectivity index (χ0n) is 35.5. The van der Waals surface area contributed by atoms with E-state index in [1.54, 1.807) is 23.0 Å². The molecule has 1 unspecified atom stereocenters. The zero-order chi connectivity index (χ0) is 45.2. The summed E-state index contributed by atoms with van der Waals surface area (Å²) in [7, 11) is 0. The lowest BCUT2D eigenvalue weighted by Crippen LogP contribution is -2.66. The Labute approximate surface area is 372 Å². The zero-order valence-corrected chi connectivity index (χ0v) is 35.5. The van der Waals surface area contributed by atoms with Gasteiger partial charge >= 0.3 is 6.18 Å². The smallest absolute Gasteiger partial charge is 0.371 e. The lowest BCUT2D eigenvalue weighted by molar-refractivity contribution is -0.137. The lowest BCUT2D eigenvalue weighted by Gasteiger charge is -2.52. The molecule has 1 aliphatic carbocycles. The van der Waals surface area contributed by atoms with E-state index in [2.05, 4.69) is 64.4 Å². The molecule has 65 heavy (non-hydrogen) atoms. The van der Waals surface area contributed by atoms with Gasteiger partial charge in [0.1, 0.15) is 11.6 Å². The molecule has 10 rings (SSSR count). The number of rotatable bonds is 9. The number of amides is 5.